The van der Waals surface area contributed by atoms with Crippen LogP contribution in [0.1, 0.15) is 58.8 Å². The highest BCUT2D eigenvalue weighted by atomic mass is 16.2. The van der Waals surface area contributed by atoms with Gasteiger partial charge in [0.1, 0.15) is 0 Å². The van der Waals surface area contributed by atoms with Crippen LogP contribution in [0.2, 0.25) is 0 Å². The zero-order chi connectivity index (χ0) is 22.4. The molecule has 33 heavy (non-hydrogen) atoms. The summed E-state index contributed by atoms with van der Waals surface area (Å²) in [6.45, 7) is 5.87. The Kier molecular flexibility index (Phi) is 5.43. The minimum absolute atomic E-state index is 0.225. The number of hydrogen-bond donors (Lipinski definition) is 1. The summed E-state index contributed by atoms with van der Waals surface area (Å²) in [5.41, 5.74) is 5.94. The Balaban J connectivity index is 1.11. The maximum Gasteiger partial charge on any atom is 0.254 e. The number of aromatic nitrogens is 2. The van der Waals surface area contributed by atoms with Gasteiger partial charge in [-0.05, 0) is 74.5 Å². The lowest BCUT2D eigenvalue weighted by Crippen LogP contribution is -2.46. The van der Waals surface area contributed by atoms with Crippen molar-refractivity contribution in [1.82, 2.24) is 24.9 Å². The normalized spacial score (nSPS) is 22.3. The maximum absolute atomic E-state index is 13.0. The number of rotatable bonds is 4. The third kappa shape index (κ3) is 3.85. The number of para-hydroxylation sites is 1. The average Bonchev–Trinajstić information content (AvgIpc) is 3.36. The zero-order valence-electron chi connectivity index (χ0n) is 19.5. The van der Waals surface area contributed by atoms with Gasteiger partial charge in [-0.2, -0.15) is 5.10 Å². The summed E-state index contributed by atoms with van der Waals surface area (Å²) in [7, 11) is 2.03. The van der Waals surface area contributed by atoms with E-state index in [1.54, 1.807) is 0 Å². The molecule has 0 saturated carbocycles. The first kappa shape index (κ1) is 20.9. The van der Waals surface area contributed by atoms with Gasteiger partial charge in [0, 0.05) is 43.7 Å². The van der Waals surface area contributed by atoms with Crippen LogP contribution in [0.15, 0.2) is 42.5 Å². The van der Waals surface area contributed by atoms with E-state index in [0.717, 1.165) is 70.5 Å². The van der Waals surface area contributed by atoms with Gasteiger partial charge in [0.05, 0.1) is 11.2 Å². The number of amides is 1. The predicted molar refractivity (Wildman–Crippen MR) is 130 cm³/mol. The van der Waals surface area contributed by atoms with Crippen molar-refractivity contribution >= 4 is 16.8 Å². The molecule has 6 rings (SSSR count). The molecule has 0 aliphatic carbocycles. The molecule has 0 bridgehead atoms. The number of fused-ring (bicyclic) bond motifs is 2. The molecule has 6 nitrogen and oxygen atoms in total. The molecule has 1 aromatic heterocycles. The monoisotopic (exact) mass is 443 g/mol. The Morgan fingerprint density at radius 2 is 1.94 bits per heavy atom. The second-order valence-electron chi connectivity index (χ2n) is 9.99. The second kappa shape index (κ2) is 8.58. The van der Waals surface area contributed by atoms with E-state index in [0.29, 0.717) is 12.0 Å². The highest BCUT2D eigenvalue weighted by Crippen LogP contribution is 2.34. The number of carbonyl (C=O) groups excluding carboxylic acids is 1. The Labute approximate surface area is 195 Å². The largest absolute Gasteiger partial charge is 0.330 e. The second-order valence-corrected chi connectivity index (χ2v) is 9.99. The van der Waals surface area contributed by atoms with E-state index in [4.69, 9.17) is 5.10 Å². The predicted octanol–water partition coefficient (Wildman–Crippen LogP) is 3.66. The summed E-state index contributed by atoms with van der Waals surface area (Å²) in [5, 5.41) is 9.50. The number of benzene rings is 2. The molecule has 1 N–H and O–H groups in total. The van der Waals surface area contributed by atoms with E-state index in [2.05, 4.69) is 57.6 Å². The molecule has 2 aromatic carbocycles. The highest BCUT2D eigenvalue weighted by molar-refractivity contribution is 5.98. The van der Waals surface area contributed by atoms with Gasteiger partial charge in [-0.3, -0.25) is 14.4 Å². The number of nitrogens with one attached hydrogen (secondary N) is 1. The van der Waals surface area contributed by atoms with Gasteiger partial charge in [-0.1, -0.05) is 30.3 Å². The maximum atomic E-state index is 13.0. The van der Waals surface area contributed by atoms with Crippen LogP contribution in [0.3, 0.4) is 0 Å². The third-order valence-electron chi connectivity index (χ3n) is 7.94. The van der Waals surface area contributed by atoms with Crippen molar-refractivity contribution in [2.24, 2.45) is 7.05 Å². The molecule has 1 unspecified atom stereocenters. The minimum Gasteiger partial charge on any atom is -0.330 e. The molecule has 2 fully saturated rings. The number of nitrogens with zero attached hydrogens (tertiary/aromatic N) is 4. The molecule has 0 spiro atoms. The molecule has 1 atom stereocenters. The molecule has 3 aliphatic heterocycles. The Morgan fingerprint density at radius 1 is 1.09 bits per heavy atom. The summed E-state index contributed by atoms with van der Waals surface area (Å²) < 4.78 is 2.00. The van der Waals surface area contributed by atoms with Gasteiger partial charge in [0.2, 0.25) is 0 Å². The van der Waals surface area contributed by atoms with E-state index in [-0.39, 0.29) is 5.91 Å². The van der Waals surface area contributed by atoms with Gasteiger partial charge in [0.25, 0.3) is 5.91 Å². The van der Waals surface area contributed by atoms with Crippen molar-refractivity contribution in [3.8, 4) is 0 Å². The van der Waals surface area contributed by atoms with E-state index in [1.165, 1.54) is 27.7 Å². The first-order valence-electron chi connectivity index (χ1n) is 12.4. The lowest BCUT2D eigenvalue weighted by molar-refractivity contribution is 0.0674. The topological polar surface area (TPSA) is 53.4 Å². The first-order valence-corrected chi connectivity index (χ1v) is 12.4. The molecular formula is C27H33N5O. The number of hydrogen-bond acceptors (Lipinski definition) is 4. The van der Waals surface area contributed by atoms with Crippen LogP contribution in [0, 0.1) is 0 Å². The fourth-order valence-electron chi connectivity index (χ4n) is 6.05. The Morgan fingerprint density at radius 3 is 2.76 bits per heavy atom. The van der Waals surface area contributed by atoms with Crippen molar-refractivity contribution < 1.29 is 4.79 Å². The van der Waals surface area contributed by atoms with Crippen LogP contribution in [0.5, 0.6) is 0 Å². The van der Waals surface area contributed by atoms with Crippen LogP contribution in [-0.2, 0) is 20.1 Å². The molecule has 1 amide bonds. The number of piperidine rings is 2. The number of aryl methyl sites for hydroxylation is 1. The molecule has 4 heterocycles. The van der Waals surface area contributed by atoms with Crippen LogP contribution in [0.25, 0.3) is 10.9 Å². The quantitative estimate of drug-likeness (QED) is 0.669. The summed E-state index contributed by atoms with van der Waals surface area (Å²) in [6, 6.07) is 15.5. The molecular weight excluding hydrogens is 410 g/mol. The van der Waals surface area contributed by atoms with E-state index in [1.807, 2.05) is 11.7 Å². The van der Waals surface area contributed by atoms with Gasteiger partial charge in [0.15, 0.2) is 0 Å². The number of carbonyl (C=O) groups is 1. The average molecular weight is 444 g/mol. The Bertz CT molecular complexity index is 1170. The molecule has 6 heteroatoms. The molecule has 3 aromatic rings. The van der Waals surface area contributed by atoms with Crippen molar-refractivity contribution in [3.05, 3.63) is 64.8 Å². The summed E-state index contributed by atoms with van der Waals surface area (Å²) in [5.74, 6) is 0.801. The summed E-state index contributed by atoms with van der Waals surface area (Å²) in [6.07, 6.45) is 4.59. The lowest BCUT2D eigenvalue weighted by atomic mass is 9.88. The summed E-state index contributed by atoms with van der Waals surface area (Å²) in [4.78, 5) is 17.6. The molecule has 2 saturated heterocycles. The van der Waals surface area contributed by atoms with E-state index in [9.17, 15) is 4.79 Å². The molecule has 0 radical (unpaired) electrons. The van der Waals surface area contributed by atoms with Gasteiger partial charge >= 0.3 is 0 Å². The fourth-order valence-corrected chi connectivity index (χ4v) is 6.05. The minimum atomic E-state index is 0.225. The van der Waals surface area contributed by atoms with E-state index < -0.39 is 0 Å². The molecule has 172 valence electrons. The van der Waals surface area contributed by atoms with Crippen molar-refractivity contribution in [2.75, 3.05) is 26.2 Å². The van der Waals surface area contributed by atoms with Crippen molar-refractivity contribution in [1.29, 1.82) is 0 Å². The van der Waals surface area contributed by atoms with Crippen molar-refractivity contribution in [3.63, 3.8) is 0 Å². The van der Waals surface area contributed by atoms with Gasteiger partial charge in [-0.25, -0.2) is 0 Å². The van der Waals surface area contributed by atoms with Crippen LogP contribution >= 0.6 is 0 Å². The van der Waals surface area contributed by atoms with Gasteiger partial charge < -0.3 is 10.2 Å². The van der Waals surface area contributed by atoms with Crippen LogP contribution in [0.4, 0.5) is 0 Å². The van der Waals surface area contributed by atoms with Gasteiger partial charge in [-0.15, -0.1) is 0 Å². The van der Waals surface area contributed by atoms with Crippen molar-refractivity contribution in [2.45, 2.75) is 50.7 Å². The zero-order valence-corrected chi connectivity index (χ0v) is 19.5. The number of likely N-dealkylation sites (tertiary alicyclic amines) is 1. The van der Waals surface area contributed by atoms with Crippen LogP contribution < -0.4 is 5.32 Å². The van der Waals surface area contributed by atoms with Crippen LogP contribution in [-0.4, -0.2) is 57.7 Å². The highest BCUT2D eigenvalue weighted by Gasteiger charge is 2.34. The standard InChI is InChI=1S/C27H33N5O/c1-30-26-7-3-2-6-24(26)25(29-30)18-31-13-10-19(11-14-31)20-8-9-23-21(15-20)17-32(27(23)33)22-5-4-12-28-16-22/h2-3,6-9,15,19,22,28H,4-5,10-14,16-18H2,1H3. The van der Waals surface area contributed by atoms with E-state index >= 15 is 0 Å². The first-order chi connectivity index (χ1) is 16.2. The Hall–Kier alpha value is -2.70. The smallest absolute Gasteiger partial charge is 0.254 e. The SMILES string of the molecule is Cn1nc(CN2CCC(c3ccc4c(c3)CN(C3CCCNC3)C4=O)CC2)c2ccccc21. The summed E-state index contributed by atoms with van der Waals surface area (Å²) >= 11 is 0. The lowest BCUT2D eigenvalue weighted by Gasteiger charge is -2.32. The third-order valence-corrected chi connectivity index (χ3v) is 7.94. The fraction of sp³-hybridized carbons (Fsp3) is 0.481. The molecule has 3 aliphatic rings.